The third-order valence-electron chi connectivity index (χ3n) is 11.6. The number of furan rings is 1. The molecule has 10 aromatic rings. The van der Waals surface area contributed by atoms with Crippen molar-refractivity contribution in [1.29, 1.82) is 0 Å². The Morgan fingerprint density at radius 2 is 0.927 bits per heavy atom. The average Bonchev–Trinajstić information content (AvgIpc) is 3.78. The first-order valence-electron chi connectivity index (χ1n) is 18.8. The quantitative estimate of drug-likeness (QED) is 0.260. The Morgan fingerprint density at radius 1 is 0.400 bits per heavy atom. The first kappa shape index (κ1) is 33.1. The Balaban J connectivity index is 1.14. The van der Waals surface area contributed by atoms with Crippen LogP contribution in [0.1, 0.15) is 0 Å². The molecule has 0 N–H and O–H groups in total. The topological polar surface area (TPSA) is 56.7 Å². The van der Waals surface area contributed by atoms with E-state index in [0.717, 1.165) is 60.9 Å². The van der Waals surface area contributed by atoms with Crippen molar-refractivity contribution >= 4 is 110 Å². The summed E-state index contributed by atoms with van der Waals surface area (Å²) in [6.45, 7) is 0. The average molecular weight is 700 g/mol. The molecule has 0 aliphatic rings. The molecule has 3 heterocycles. The Morgan fingerprint density at radius 3 is 1.60 bits per heavy atom. The normalized spacial score (nSPS) is 11.6. The van der Waals surface area contributed by atoms with E-state index < -0.39 is 0 Å². The van der Waals surface area contributed by atoms with Gasteiger partial charge in [-0.2, -0.15) is 0 Å². The van der Waals surface area contributed by atoms with Crippen LogP contribution in [-0.2, 0) is 0 Å². The third kappa shape index (κ3) is 5.27. The van der Waals surface area contributed by atoms with Crippen molar-refractivity contribution in [3.63, 3.8) is 0 Å². The van der Waals surface area contributed by atoms with Gasteiger partial charge in [0.2, 0.25) is 0 Å². The highest BCUT2D eigenvalue weighted by Crippen LogP contribution is 2.39. The van der Waals surface area contributed by atoms with Crippen molar-refractivity contribution in [2.45, 2.75) is 0 Å². The lowest BCUT2D eigenvalue weighted by Crippen LogP contribution is -2.55. The number of benzene rings is 7. The molecule has 0 saturated carbocycles. The van der Waals surface area contributed by atoms with Crippen molar-refractivity contribution in [2.24, 2.45) is 0 Å². The van der Waals surface area contributed by atoms with Gasteiger partial charge in [-0.25, -0.2) is 15.0 Å². The highest BCUT2D eigenvalue weighted by atomic mass is 16.3. The van der Waals surface area contributed by atoms with Crippen LogP contribution < -0.4 is 27.3 Å². The van der Waals surface area contributed by atoms with Crippen molar-refractivity contribution in [3.05, 3.63) is 140 Å². The fraction of sp³-hybridized carbons (Fsp3) is 0. The van der Waals surface area contributed by atoms with Crippen LogP contribution in [0, 0.1) is 0 Å². The summed E-state index contributed by atoms with van der Waals surface area (Å²) in [4.78, 5) is 15.3. The summed E-state index contributed by atoms with van der Waals surface area (Å²) < 4.78 is 9.00. The zero-order chi connectivity index (χ0) is 37.4. The first-order valence-corrected chi connectivity index (χ1v) is 18.8. The van der Waals surface area contributed by atoms with Crippen molar-refractivity contribution < 1.29 is 4.42 Å². The Hall–Kier alpha value is -6.53. The van der Waals surface area contributed by atoms with Crippen LogP contribution in [-0.4, -0.2) is 58.8 Å². The summed E-state index contributed by atoms with van der Waals surface area (Å²) in [5.41, 5.74) is 16.8. The second-order valence-electron chi connectivity index (χ2n) is 14.6. The third-order valence-corrected chi connectivity index (χ3v) is 11.6. The molecule has 0 fully saturated rings. The van der Waals surface area contributed by atoms with E-state index >= 15 is 0 Å². The molecule has 10 rings (SSSR count). The summed E-state index contributed by atoms with van der Waals surface area (Å²) >= 11 is 0. The number of aromatic nitrogens is 4. The van der Waals surface area contributed by atoms with Crippen LogP contribution >= 0.6 is 0 Å². The zero-order valence-corrected chi connectivity index (χ0v) is 31.5. The first-order chi connectivity index (χ1) is 26.9. The second-order valence-corrected chi connectivity index (χ2v) is 14.6. The van der Waals surface area contributed by atoms with Gasteiger partial charge in [-0.3, -0.25) is 0 Å². The highest BCUT2D eigenvalue weighted by Gasteiger charge is 2.20. The maximum atomic E-state index is 6.64. The number of rotatable bonds is 5. The van der Waals surface area contributed by atoms with E-state index in [4.69, 9.17) is 19.4 Å². The maximum absolute atomic E-state index is 6.64. The number of hydrogen-bond acceptors (Lipinski definition) is 4. The van der Waals surface area contributed by atoms with Gasteiger partial charge in [0.25, 0.3) is 0 Å². The second kappa shape index (κ2) is 12.8. The number of nitrogens with zero attached hydrogens (tertiary/aromatic N) is 4. The molecule has 0 aliphatic carbocycles. The van der Waals surface area contributed by atoms with E-state index in [0.29, 0.717) is 17.5 Å². The van der Waals surface area contributed by atoms with Gasteiger partial charge in [-0.05, 0) is 53.6 Å². The Bertz CT molecular complexity index is 3090. The minimum atomic E-state index is 0.591. The summed E-state index contributed by atoms with van der Waals surface area (Å²) in [7, 11) is 11.1. The van der Waals surface area contributed by atoms with Gasteiger partial charge in [0, 0.05) is 32.8 Å². The molecular weight excluding hydrogens is 667 g/mol. The monoisotopic (exact) mass is 700 g/mol. The van der Waals surface area contributed by atoms with E-state index in [2.05, 4.69) is 147 Å². The van der Waals surface area contributed by atoms with E-state index in [-0.39, 0.29) is 0 Å². The smallest absolute Gasteiger partial charge is 0.164 e. The molecule has 10 heteroatoms. The summed E-state index contributed by atoms with van der Waals surface area (Å²) in [5, 5.41) is 4.56. The number of hydrogen-bond donors (Lipinski definition) is 0. The molecule has 0 saturated heterocycles. The fourth-order valence-electron chi connectivity index (χ4n) is 8.41. The van der Waals surface area contributed by atoms with Gasteiger partial charge in [-0.15, -0.1) is 16.4 Å². The highest BCUT2D eigenvalue weighted by molar-refractivity contribution is 6.68. The minimum Gasteiger partial charge on any atom is -0.456 e. The molecular formula is C45H33B5N4O. The van der Waals surface area contributed by atoms with Gasteiger partial charge in [0.1, 0.15) is 50.4 Å². The van der Waals surface area contributed by atoms with E-state index in [9.17, 15) is 0 Å². The van der Waals surface area contributed by atoms with Gasteiger partial charge in [0.15, 0.2) is 17.5 Å². The molecule has 0 radical (unpaired) electrons. The largest absolute Gasteiger partial charge is 0.456 e. The van der Waals surface area contributed by atoms with Gasteiger partial charge in [0.05, 0.1) is 22.1 Å². The van der Waals surface area contributed by atoms with E-state index in [1.54, 1.807) is 0 Å². The minimum absolute atomic E-state index is 0.591. The molecule has 5 nitrogen and oxygen atoms in total. The van der Waals surface area contributed by atoms with Gasteiger partial charge < -0.3 is 8.98 Å². The van der Waals surface area contributed by atoms with Crippen molar-refractivity contribution in [2.75, 3.05) is 0 Å². The lowest BCUT2D eigenvalue weighted by molar-refractivity contribution is 0.669. The van der Waals surface area contributed by atoms with Gasteiger partial charge >= 0.3 is 0 Å². The number of fused-ring (bicyclic) bond motifs is 6. The molecule has 0 atom stereocenters. The number of para-hydroxylation sites is 2. The zero-order valence-electron chi connectivity index (χ0n) is 31.5. The van der Waals surface area contributed by atoms with Crippen LogP contribution in [0.5, 0.6) is 0 Å². The van der Waals surface area contributed by atoms with Gasteiger partial charge in [-0.1, -0.05) is 108 Å². The van der Waals surface area contributed by atoms with Crippen LogP contribution in [0.2, 0.25) is 0 Å². The van der Waals surface area contributed by atoms with Crippen LogP contribution in [0.3, 0.4) is 0 Å². The molecule has 7 aromatic carbocycles. The van der Waals surface area contributed by atoms with Crippen molar-refractivity contribution in [3.8, 4) is 51.0 Å². The standard InChI is InChI=1S/C45H33B5N4O/c46-38-36(39(47)41(49)42(50)40(38)48)25-12-8-13-26(22-25)44-51-43(24-10-2-1-3-11-24)52-45(53-44)27-20-21-30-35(23-27)55-34-19-9-18-33(37(30)34)54-31-16-6-4-14-28(31)29-15-5-7-17-32(29)54/h1-23H,46-50H2. The van der Waals surface area contributed by atoms with Crippen LogP contribution in [0.15, 0.2) is 144 Å². The molecule has 0 aliphatic heterocycles. The molecule has 3 aromatic heterocycles. The lowest BCUT2D eigenvalue weighted by atomic mass is 9.59. The molecule has 254 valence electrons. The lowest BCUT2D eigenvalue weighted by Gasteiger charge is -2.20. The van der Waals surface area contributed by atoms with Crippen molar-refractivity contribution in [1.82, 2.24) is 19.5 Å². The molecule has 0 bridgehead atoms. The predicted octanol–water partition coefficient (Wildman–Crippen LogP) is 2.83. The molecule has 55 heavy (non-hydrogen) atoms. The fourth-order valence-corrected chi connectivity index (χ4v) is 8.41. The molecule has 0 amide bonds. The predicted molar refractivity (Wildman–Crippen MR) is 244 cm³/mol. The summed E-state index contributed by atoms with van der Waals surface area (Å²) in [5.74, 6) is 1.84. The molecule has 0 unspecified atom stereocenters. The van der Waals surface area contributed by atoms with Crippen LogP contribution in [0.25, 0.3) is 94.7 Å². The summed E-state index contributed by atoms with van der Waals surface area (Å²) in [6, 6.07) is 48.6. The van der Waals surface area contributed by atoms with E-state index in [1.165, 1.54) is 43.6 Å². The van der Waals surface area contributed by atoms with Crippen LogP contribution in [0.4, 0.5) is 0 Å². The maximum Gasteiger partial charge on any atom is 0.164 e. The SMILES string of the molecule is Bc1c(B)c(B)c(-c2cccc(-c3nc(-c4ccccc4)nc(-c4ccc5c(c4)oc4cccc(-n6c7ccccc7c7ccccc76)c45)n3)c2)c(B)c1B. The summed E-state index contributed by atoms with van der Waals surface area (Å²) in [6.07, 6.45) is 0. The van der Waals surface area contributed by atoms with E-state index in [1.807, 2.05) is 36.4 Å². The Kier molecular flexibility index (Phi) is 7.70. The Labute approximate surface area is 323 Å². The molecule has 0 spiro atoms.